The van der Waals surface area contributed by atoms with Gasteiger partial charge in [-0.15, -0.1) is 0 Å². The van der Waals surface area contributed by atoms with Crippen molar-refractivity contribution in [3.63, 3.8) is 0 Å². The second-order valence-electron chi connectivity index (χ2n) is 6.34. The number of ether oxygens (including phenoxy) is 3. The van der Waals surface area contributed by atoms with E-state index in [1.54, 1.807) is 38.5 Å². The summed E-state index contributed by atoms with van der Waals surface area (Å²) >= 11 is 0. The number of rotatable bonds is 5. The molecule has 29 heavy (non-hydrogen) atoms. The zero-order valence-electron chi connectivity index (χ0n) is 16.6. The summed E-state index contributed by atoms with van der Waals surface area (Å²) < 4.78 is 15.2. The average molecular weight is 397 g/mol. The van der Waals surface area contributed by atoms with Crippen LogP contribution < -0.4 is 14.8 Å². The van der Waals surface area contributed by atoms with E-state index < -0.39 is 6.09 Å². The molecule has 0 spiro atoms. The molecular formula is C21H23N3O5. The summed E-state index contributed by atoms with van der Waals surface area (Å²) in [4.78, 5) is 24.1. The fraction of sp³-hybridized carbons (Fsp3) is 0.286. The fourth-order valence-electron chi connectivity index (χ4n) is 3.02. The molecule has 1 N–H and O–H groups in total. The van der Waals surface area contributed by atoms with E-state index >= 15 is 0 Å². The minimum atomic E-state index is -0.565. The van der Waals surface area contributed by atoms with Gasteiger partial charge in [-0.2, -0.15) is 5.10 Å². The van der Waals surface area contributed by atoms with Gasteiger partial charge in [-0.1, -0.05) is 0 Å². The largest absolute Gasteiger partial charge is 0.493 e. The number of carbonyl (C=O) groups excluding carboxylic acids is 2. The third-order valence-corrected chi connectivity index (χ3v) is 4.54. The number of hydrogen-bond acceptors (Lipinski definition) is 6. The van der Waals surface area contributed by atoms with Gasteiger partial charge in [-0.05, 0) is 55.3 Å². The molecule has 1 aliphatic heterocycles. The molecule has 3 rings (SSSR count). The molecule has 1 heterocycles. The summed E-state index contributed by atoms with van der Waals surface area (Å²) in [5.74, 6) is 1.05. The molecule has 2 aromatic carbocycles. The second kappa shape index (κ2) is 9.09. The number of carbonyl (C=O) groups is 2. The summed E-state index contributed by atoms with van der Waals surface area (Å²) in [7, 11) is 4.46. The Kier molecular flexibility index (Phi) is 6.33. The number of anilines is 1. The Morgan fingerprint density at radius 1 is 1.00 bits per heavy atom. The highest BCUT2D eigenvalue weighted by atomic mass is 16.5. The number of benzene rings is 2. The SMILES string of the molecule is COC(=O)Nc1ccc(C(=O)N2CCCC(c3ccc(OC)c(OC)c3)=N2)cc1. The van der Waals surface area contributed by atoms with Crippen LogP contribution in [0.5, 0.6) is 11.5 Å². The lowest BCUT2D eigenvalue weighted by atomic mass is 10.0. The Balaban J connectivity index is 1.79. The Morgan fingerprint density at radius 2 is 1.72 bits per heavy atom. The van der Waals surface area contributed by atoms with Gasteiger partial charge in [0.05, 0.1) is 27.0 Å². The van der Waals surface area contributed by atoms with E-state index in [1.807, 2.05) is 18.2 Å². The Bertz CT molecular complexity index is 924. The minimum absolute atomic E-state index is 0.202. The second-order valence-corrected chi connectivity index (χ2v) is 6.34. The lowest BCUT2D eigenvalue weighted by Gasteiger charge is -2.24. The van der Waals surface area contributed by atoms with Crippen molar-refractivity contribution in [1.82, 2.24) is 5.01 Å². The summed E-state index contributed by atoms with van der Waals surface area (Å²) in [6.07, 6.45) is 1.01. The zero-order valence-corrected chi connectivity index (χ0v) is 16.6. The molecule has 0 aliphatic carbocycles. The summed E-state index contributed by atoms with van der Waals surface area (Å²) in [5.41, 5.74) is 2.73. The third-order valence-electron chi connectivity index (χ3n) is 4.54. The Labute approximate surface area is 169 Å². The Morgan fingerprint density at radius 3 is 2.38 bits per heavy atom. The predicted octanol–water partition coefficient (Wildman–Crippen LogP) is 3.52. The molecule has 152 valence electrons. The molecule has 0 aromatic heterocycles. The molecule has 2 aromatic rings. The van der Waals surface area contributed by atoms with E-state index in [-0.39, 0.29) is 5.91 Å². The monoisotopic (exact) mass is 397 g/mol. The molecule has 0 fully saturated rings. The van der Waals surface area contributed by atoms with Crippen LogP contribution in [0.15, 0.2) is 47.6 Å². The van der Waals surface area contributed by atoms with Gasteiger partial charge in [0.2, 0.25) is 0 Å². The van der Waals surface area contributed by atoms with Gasteiger partial charge < -0.3 is 14.2 Å². The van der Waals surface area contributed by atoms with Crippen molar-refractivity contribution in [2.75, 3.05) is 33.2 Å². The molecule has 0 unspecified atom stereocenters. The highest BCUT2D eigenvalue weighted by Crippen LogP contribution is 2.29. The molecule has 8 heteroatoms. The third kappa shape index (κ3) is 4.66. The number of hydrazone groups is 1. The van der Waals surface area contributed by atoms with E-state index in [1.165, 1.54) is 12.1 Å². The number of nitrogens with zero attached hydrogens (tertiary/aromatic N) is 2. The highest BCUT2D eigenvalue weighted by molar-refractivity contribution is 6.03. The maximum Gasteiger partial charge on any atom is 0.411 e. The van der Waals surface area contributed by atoms with Crippen molar-refractivity contribution in [3.05, 3.63) is 53.6 Å². The first-order valence-corrected chi connectivity index (χ1v) is 9.12. The molecule has 2 amide bonds. The quantitative estimate of drug-likeness (QED) is 0.834. The average Bonchev–Trinajstić information content (AvgIpc) is 2.78. The molecule has 0 bridgehead atoms. The van der Waals surface area contributed by atoms with Crippen LogP contribution >= 0.6 is 0 Å². The number of amides is 2. The maximum absolute atomic E-state index is 12.9. The van der Waals surface area contributed by atoms with Gasteiger partial charge in [-0.25, -0.2) is 9.80 Å². The highest BCUT2D eigenvalue weighted by Gasteiger charge is 2.21. The van der Waals surface area contributed by atoms with Crippen molar-refractivity contribution in [2.45, 2.75) is 12.8 Å². The van der Waals surface area contributed by atoms with Crippen LogP contribution in [0.25, 0.3) is 0 Å². The van der Waals surface area contributed by atoms with Crippen molar-refractivity contribution in [3.8, 4) is 11.5 Å². The van der Waals surface area contributed by atoms with Crippen molar-refractivity contribution in [2.24, 2.45) is 5.10 Å². The van der Waals surface area contributed by atoms with Crippen LogP contribution in [-0.2, 0) is 4.74 Å². The van der Waals surface area contributed by atoms with Crippen LogP contribution in [0.2, 0.25) is 0 Å². The summed E-state index contributed by atoms with van der Waals surface area (Å²) in [6, 6.07) is 12.2. The molecule has 0 atom stereocenters. The van der Waals surface area contributed by atoms with Gasteiger partial charge in [0.1, 0.15) is 0 Å². The van der Waals surface area contributed by atoms with E-state index in [4.69, 9.17) is 9.47 Å². The van der Waals surface area contributed by atoms with Gasteiger partial charge in [-0.3, -0.25) is 10.1 Å². The van der Waals surface area contributed by atoms with Crippen LogP contribution in [0.3, 0.4) is 0 Å². The van der Waals surface area contributed by atoms with Gasteiger partial charge in [0.15, 0.2) is 11.5 Å². The molecule has 0 saturated carbocycles. The first-order valence-electron chi connectivity index (χ1n) is 9.12. The fourth-order valence-corrected chi connectivity index (χ4v) is 3.02. The van der Waals surface area contributed by atoms with E-state index in [2.05, 4.69) is 15.2 Å². The summed E-state index contributed by atoms with van der Waals surface area (Å²) in [5, 5.41) is 8.58. The van der Waals surface area contributed by atoms with Crippen molar-refractivity contribution < 1.29 is 23.8 Å². The van der Waals surface area contributed by atoms with Gasteiger partial charge in [0.25, 0.3) is 5.91 Å². The molecule has 0 saturated heterocycles. The Hall–Kier alpha value is -3.55. The van der Waals surface area contributed by atoms with Crippen molar-refractivity contribution in [1.29, 1.82) is 0 Å². The number of nitrogens with one attached hydrogen (secondary N) is 1. The predicted molar refractivity (Wildman–Crippen MR) is 109 cm³/mol. The minimum Gasteiger partial charge on any atom is -0.493 e. The summed E-state index contributed by atoms with van der Waals surface area (Å²) in [6.45, 7) is 0.539. The lowest BCUT2D eigenvalue weighted by molar-refractivity contribution is 0.0751. The first-order chi connectivity index (χ1) is 14.0. The molecule has 8 nitrogen and oxygen atoms in total. The zero-order chi connectivity index (χ0) is 20.8. The van der Waals surface area contributed by atoms with Crippen molar-refractivity contribution >= 4 is 23.4 Å². The van der Waals surface area contributed by atoms with Gasteiger partial charge in [0, 0.05) is 23.4 Å². The number of hydrogen-bond donors (Lipinski definition) is 1. The molecule has 0 radical (unpaired) electrons. The van der Waals surface area contributed by atoms with Crippen LogP contribution in [0, 0.1) is 0 Å². The van der Waals surface area contributed by atoms with E-state index in [0.717, 1.165) is 24.1 Å². The molecular weight excluding hydrogens is 374 g/mol. The lowest BCUT2D eigenvalue weighted by Crippen LogP contribution is -2.32. The van der Waals surface area contributed by atoms with E-state index in [0.29, 0.717) is 29.3 Å². The standard InChI is InChI=1S/C21H23N3O5/c1-27-18-11-8-15(13-19(18)28-2)17-5-4-12-24(23-17)20(25)14-6-9-16(10-7-14)22-21(26)29-3/h6-11,13H,4-5,12H2,1-3H3,(H,22,26). The van der Waals surface area contributed by atoms with Crippen LogP contribution in [0.4, 0.5) is 10.5 Å². The maximum atomic E-state index is 12.9. The van der Waals surface area contributed by atoms with Gasteiger partial charge >= 0.3 is 6.09 Å². The molecule has 1 aliphatic rings. The smallest absolute Gasteiger partial charge is 0.411 e. The normalized spacial score (nSPS) is 13.3. The van der Waals surface area contributed by atoms with E-state index in [9.17, 15) is 9.59 Å². The number of methoxy groups -OCH3 is 3. The first kappa shape index (κ1) is 20.2. The van der Waals surface area contributed by atoms with Crippen LogP contribution in [0.1, 0.15) is 28.8 Å². The topological polar surface area (TPSA) is 89.5 Å². The van der Waals surface area contributed by atoms with Crippen LogP contribution in [-0.4, -0.2) is 50.6 Å².